The van der Waals surface area contributed by atoms with Crippen molar-refractivity contribution in [2.24, 2.45) is 7.05 Å². The SMILES string of the molecule is Cn1c(C(=O)OC(C(=O)NCc2cccs2)c2ccncc2)cc2occc21. The number of furan rings is 1. The van der Waals surface area contributed by atoms with Crippen LogP contribution in [-0.4, -0.2) is 21.4 Å². The number of ether oxygens (including phenoxy) is 1. The molecule has 4 aromatic heterocycles. The lowest BCUT2D eigenvalue weighted by Gasteiger charge is -2.18. The van der Waals surface area contributed by atoms with Crippen molar-refractivity contribution in [1.82, 2.24) is 14.9 Å². The van der Waals surface area contributed by atoms with Gasteiger partial charge in [-0.2, -0.15) is 0 Å². The Morgan fingerprint density at radius 1 is 1.29 bits per heavy atom. The second-order valence-corrected chi connectivity index (χ2v) is 7.15. The number of pyridine rings is 1. The molecule has 0 aromatic carbocycles. The number of aryl methyl sites for hydroxylation is 1. The lowest BCUT2D eigenvalue weighted by molar-refractivity contribution is -0.130. The van der Waals surface area contributed by atoms with Gasteiger partial charge in [0.2, 0.25) is 6.10 Å². The van der Waals surface area contributed by atoms with Crippen molar-refractivity contribution in [3.05, 3.63) is 76.6 Å². The highest BCUT2D eigenvalue weighted by molar-refractivity contribution is 7.09. The van der Waals surface area contributed by atoms with Crippen LogP contribution in [-0.2, 0) is 23.1 Å². The zero-order valence-electron chi connectivity index (χ0n) is 15.0. The van der Waals surface area contributed by atoms with E-state index in [9.17, 15) is 9.59 Å². The first-order valence-corrected chi connectivity index (χ1v) is 9.45. The van der Waals surface area contributed by atoms with Gasteiger partial charge < -0.3 is 19.0 Å². The average molecular weight is 395 g/mol. The number of amides is 1. The number of rotatable bonds is 6. The van der Waals surface area contributed by atoms with Gasteiger partial charge in [-0.15, -0.1) is 11.3 Å². The summed E-state index contributed by atoms with van der Waals surface area (Å²) in [6, 6.07) is 10.5. The van der Waals surface area contributed by atoms with Crippen molar-refractivity contribution in [3.63, 3.8) is 0 Å². The van der Waals surface area contributed by atoms with Gasteiger partial charge in [-0.3, -0.25) is 9.78 Å². The number of aromatic nitrogens is 2. The molecule has 0 fully saturated rings. The van der Waals surface area contributed by atoms with E-state index in [-0.39, 0.29) is 0 Å². The lowest BCUT2D eigenvalue weighted by Crippen LogP contribution is -2.32. The fourth-order valence-electron chi connectivity index (χ4n) is 2.90. The van der Waals surface area contributed by atoms with Crippen LogP contribution in [0.2, 0.25) is 0 Å². The van der Waals surface area contributed by atoms with Crippen LogP contribution in [0.3, 0.4) is 0 Å². The smallest absolute Gasteiger partial charge is 0.356 e. The van der Waals surface area contributed by atoms with Crippen LogP contribution in [0.1, 0.15) is 27.0 Å². The van der Waals surface area contributed by atoms with Gasteiger partial charge in [0.1, 0.15) is 5.69 Å². The van der Waals surface area contributed by atoms with Gasteiger partial charge in [0.25, 0.3) is 5.91 Å². The molecule has 1 N–H and O–H groups in total. The Kier molecular flexibility index (Phi) is 4.94. The van der Waals surface area contributed by atoms with Gasteiger partial charge in [-0.1, -0.05) is 6.07 Å². The highest BCUT2D eigenvalue weighted by Crippen LogP contribution is 2.24. The molecule has 28 heavy (non-hydrogen) atoms. The standard InChI is InChI=1S/C20H17N3O4S/c1-23-15-6-9-26-17(15)11-16(23)20(25)27-18(13-4-7-21-8-5-13)19(24)22-12-14-3-2-10-28-14/h2-11,18H,12H2,1H3,(H,22,24). The third-order valence-electron chi connectivity index (χ3n) is 4.36. The minimum absolute atomic E-state index is 0.305. The third-order valence-corrected chi connectivity index (χ3v) is 5.24. The van der Waals surface area contributed by atoms with E-state index in [2.05, 4.69) is 10.3 Å². The molecular formula is C20H17N3O4S. The molecule has 4 heterocycles. The molecule has 0 radical (unpaired) electrons. The number of carbonyl (C=O) groups excluding carboxylic acids is 2. The molecular weight excluding hydrogens is 378 g/mol. The first-order valence-electron chi connectivity index (χ1n) is 8.57. The van der Waals surface area contributed by atoms with Crippen LogP contribution in [0.5, 0.6) is 0 Å². The van der Waals surface area contributed by atoms with Crippen LogP contribution in [0.4, 0.5) is 0 Å². The van der Waals surface area contributed by atoms with Gasteiger partial charge in [-0.05, 0) is 23.6 Å². The van der Waals surface area contributed by atoms with Gasteiger partial charge in [0, 0.05) is 42.0 Å². The summed E-state index contributed by atoms with van der Waals surface area (Å²) in [5, 5.41) is 4.76. The number of hydrogen-bond acceptors (Lipinski definition) is 6. The first-order chi connectivity index (χ1) is 13.6. The molecule has 0 aliphatic carbocycles. The number of fused-ring (bicyclic) bond motifs is 1. The molecule has 0 saturated heterocycles. The number of hydrogen-bond donors (Lipinski definition) is 1. The molecule has 4 aromatic rings. The number of esters is 1. The molecule has 0 bridgehead atoms. The summed E-state index contributed by atoms with van der Waals surface area (Å²) in [5.74, 6) is -1.01. The van der Waals surface area contributed by atoms with Crippen LogP contribution in [0.15, 0.2) is 64.9 Å². The molecule has 0 spiro atoms. The molecule has 1 unspecified atom stereocenters. The Morgan fingerprint density at radius 3 is 2.82 bits per heavy atom. The van der Waals surface area contributed by atoms with E-state index in [4.69, 9.17) is 9.15 Å². The van der Waals surface area contributed by atoms with E-state index in [1.165, 1.54) is 0 Å². The van der Waals surface area contributed by atoms with Crippen molar-refractivity contribution in [1.29, 1.82) is 0 Å². The van der Waals surface area contributed by atoms with Crippen LogP contribution < -0.4 is 5.32 Å². The summed E-state index contributed by atoms with van der Waals surface area (Å²) >= 11 is 1.54. The van der Waals surface area contributed by atoms with Gasteiger partial charge in [-0.25, -0.2) is 4.79 Å². The second kappa shape index (κ2) is 7.69. The predicted molar refractivity (Wildman–Crippen MR) is 104 cm³/mol. The number of carbonyl (C=O) groups is 2. The normalized spacial score (nSPS) is 12.0. The summed E-state index contributed by atoms with van der Waals surface area (Å²) in [7, 11) is 1.74. The van der Waals surface area contributed by atoms with Gasteiger partial charge >= 0.3 is 5.97 Å². The number of nitrogens with one attached hydrogen (secondary N) is 1. The minimum atomic E-state index is -1.09. The van der Waals surface area contributed by atoms with Crippen molar-refractivity contribution in [2.75, 3.05) is 0 Å². The van der Waals surface area contributed by atoms with E-state index in [1.54, 1.807) is 65.9 Å². The highest BCUT2D eigenvalue weighted by atomic mass is 32.1. The summed E-state index contributed by atoms with van der Waals surface area (Å²) < 4.78 is 12.6. The van der Waals surface area contributed by atoms with E-state index in [1.807, 2.05) is 17.5 Å². The Bertz CT molecular complexity index is 1100. The Balaban J connectivity index is 1.56. The quantitative estimate of drug-likeness (QED) is 0.506. The molecule has 4 rings (SSSR count). The maximum atomic E-state index is 12.8. The molecule has 8 heteroatoms. The van der Waals surface area contributed by atoms with Crippen LogP contribution in [0, 0.1) is 0 Å². The highest BCUT2D eigenvalue weighted by Gasteiger charge is 2.27. The van der Waals surface area contributed by atoms with Gasteiger partial charge in [0.05, 0.1) is 18.3 Å². The van der Waals surface area contributed by atoms with Crippen molar-refractivity contribution >= 4 is 34.3 Å². The van der Waals surface area contributed by atoms with Crippen molar-refractivity contribution in [2.45, 2.75) is 12.6 Å². The number of thiophene rings is 1. The summed E-state index contributed by atoms with van der Waals surface area (Å²) in [6.07, 6.45) is 3.57. The third kappa shape index (κ3) is 3.54. The summed E-state index contributed by atoms with van der Waals surface area (Å²) in [6.45, 7) is 0.368. The molecule has 0 aliphatic heterocycles. The molecule has 142 valence electrons. The summed E-state index contributed by atoms with van der Waals surface area (Å²) in [4.78, 5) is 30.5. The van der Waals surface area contributed by atoms with Gasteiger partial charge in [0.15, 0.2) is 5.58 Å². The molecule has 0 saturated carbocycles. The van der Waals surface area contributed by atoms with Crippen molar-refractivity contribution in [3.8, 4) is 0 Å². The minimum Gasteiger partial charge on any atom is -0.463 e. The average Bonchev–Trinajstić information content (AvgIpc) is 3.44. The Hall–Kier alpha value is -3.39. The molecule has 0 aliphatic rings. The molecule has 7 nitrogen and oxygen atoms in total. The number of nitrogens with zero attached hydrogens (tertiary/aromatic N) is 2. The monoisotopic (exact) mass is 395 g/mol. The lowest BCUT2D eigenvalue weighted by atomic mass is 10.1. The van der Waals surface area contributed by atoms with Crippen LogP contribution in [0.25, 0.3) is 11.1 Å². The Morgan fingerprint density at radius 2 is 2.11 bits per heavy atom. The second-order valence-electron chi connectivity index (χ2n) is 6.12. The topological polar surface area (TPSA) is 86.4 Å². The molecule has 1 atom stereocenters. The predicted octanol–water partition coefficient (Wildman–Crippen LogP) is 3.44. The first kappa shape index (κ1) is 18.0. The van der Waals surface area contributed by atoms with Crippen molar-refractivity contribution < 1.29 is 18.7 Å². The fourth-order valence-corrected chi connectivity index (χ4v) is 3.55. The largest absolute Gasteiger partial charge is 0.463 e. The van der Waals surface area contributed by atoms with E-state index >= 15 is 0 Å². The zero-order valence-corrected chi connectivity index (χ0v) is 15.8. The molecule has 1 amide bonds. The maximum absolute atomic E-state index is 12.8. The zero-order chi connectivity index (χ0) is 19.5. The van der Waals surface area contributed by atoms with E-state index in [0.717, 1.165) is 10.4 Å². The maximum Gasteiger partial charge on any atom is 0.356 e. The Labute approximate surface area is 164 Å². The fraction of sp³-hybridized carbons (Fsp3) is 0.150. The van der Waals surface area contributed by atoms with E-state index < -0.39 is 18.0 Å². The van der Waals surface area contributed by atoms with Crippen LogP contribution >= 0.6 is 11.3 Å². The van der Waals surface area contributed by atoms with E-state index in [0.29, 0.717) is 23.4 Å². The summed E-state index contributed by atoms with van der Waals surface area (Å²) in [5.41, 5.74) is 2.20.